The minimum atomic E-state index is 0.0424. The molecule has 1 fully saturated rings. The number of hydrogen-bond acceptors (Lipinski definition) is 5. The fraction of sp³-hybridized carbons (Fsp3) is 0.348. The van der Waals surface area contributed by atoms with Crippen LogP contribution in [0.15, 0.2) is 67.3 Å². The maximum absolute atomic E-state index is 13.3. The average molecular weight is 406 g/mol. The molecule has 0 N–H and O–H groups in total. The quantitative estimate of drug-likeness (QED) is 0.577. The molecule has 1 saturated heterocycles. The van der Waals surface area contributed by atoms with Crippen LogP contribution in [0.3, 0.4) is 0 Å². The van der Waals surface area contributed by atoms with Gasteiger partial charge in [0.2, 0.25) is 0 Å². The molecule has 1 aliphatic rings. The largest absolute Gasteiger partial charge is 0.379 e. The van der Waals surface area contributed by atoms with Crippen molar-refractivity contribution in [2.75, 3.05) is 39.4 Å². The molecule has 0 spiro atoms. The third-order valence-electron chi connectivity index (χ3n) is 5.30. The van der Waals surface area contributed by atoms with Crippen LogP contribution in [0.25, 0.3) is 5.69 Å². The number of morpholine rings is 1. The Morgan fingerprint density at radius 3 is 2.50 bits per heavy atom. The van der Waals surface area contributed by atoms with Crippen molar-refractivity contribution in [3.8, 4) is 5.69 Å². The van der Waals surface area contributed by atoms with Gasteiger partial charge in [0.15, 0.2) is 0 Å². The average Bonchev–Trinajstić information content (AvgIpc) is 3.35. The van der Waals surface area contributed by atoms with Crippen LogP contribution in [0.5, 0.6) is 0 Å². The minimum Gasteiger partial charge on any atom is -0.379 e. The van der Waals surface area contributed by atoms with Gasteiger partial charge in [-0.3, -0.25) is 14.7 Å². The van der Waals surface area contributed by atoms with Gasteiger partial charge in [0.25, 0.3) is 5.91 Å². The highest BCUT2D eigenvalue weighted by atomic mass is 16.5. The van der Waals surface area contributed by atoms with E-state index in [0.29, 0.717) is 18.7 Å². The Hall–Kier alpha value is -3.03. The van der Waals surface area contributed by atoms with Crippen molar-refractivity contribution in [1.29, 1.82) is 0 Å². The van der Waals surface area contributed by atoms with E-state index in [-0.39, 0.29) is 5.91 Å². The van der Waals surface area contributed by atoms with Crippen molar-refractivity contribution in [3.63, 3.8) is 0 Å². The Morgan fingerprint density at radius 1 is 1.03 bits per heavy atom. The van der Waals surface area contributed by atoms with Gasteiger partial charge in [-0.1, -0.05) is 0 Å². The molecule has 1 amide bonds. The first-order valence-corrected chi connectivity index (χ1v) is 10.4. The summed E-state index contributed by atoms with van der Waals surface area (Å²) in [4.78, 5) is 21.7. The Labute approximate surface area is 176 Å². The molecule has 2 aromatic heterocycles. The topological polar surface area (TPSA) is 63.5 Å². The lowest BCUT2D eigenvalue weighted by atomic mass is 10.1. The van der Waals surface area contributed by atoms with Gasteiger partial charge in [0, 0.05) is 63.1 Å². The molecule has 0 bridgehead atoms. The van der Waals surface area contributed by atoms with Gasteiger partial charge in [0.05, 0.1) is 18.9 Å². The highest BCUT2D eigenvalue weighted by molar-refractivity contribution is 5.94. The van der Waals surface area contributed by atoms with Crippen LogP contribution in [0.1, 0.15) is 22.3 Å². The number of ether oxygens (including phenoxy) is 1. The lowest BCUT2D eigenvalue weighted by molar-refractivity contribution is 0.0355. The van der Waals surface area contributed by atoms with E-state index in [1.165, 1.54) is 0 Å². The lowest BCUT2D eigenvalue weighted by Gasteiger charge is -2.28. The van der Waals surface area contributed by atoms with Crippen LogP contribution in [0, 0.1) is 0 Å². The maximum atomic E-state index is 13.3. The number of carbonyl (C=O) groups excluding carboxylic acids is 1. The van der Waals surface area contributed by atoms with E-state index < -0.39 is 0 Å². The zero-order valence-corrected chi connectivity index (χ0v) is 17.1. The highest BCUT2D eigenvalue weighted by Gasteiger charge is 2.17. The number of pyridine rings is 1. The fourth-order valence-corrected chi connectivity index (χ4v) is 3.63. The normalized spacial score (nSPS) is 14.5. The van der Waals surface area contributed by atoms with Gasteiger partial charge in [-0.25, -0.2) is 4.68 Å². The zero-order chi connectivity index (χ0) is 20.6. The Balaban J connectivity index is 1.43. The van der Waals surface area contributed by atoms with Crippen LogP contribution in [-0.2, 0) is 11.3 Å². The number of aromatic nitrogens is 3. The summed E-state index contributed by atoms with van der Waals surface area (Å²) in [5.74, 6) is 0.0424. The number of carbonyl (C=O) groups is 1. The number of nitrogens with zero attached hydrogens (tertiary/aromatic N) is 5. The Bertz CT molecular complexity index is 907. The number of rotatable bonds is 8. The molecule has 30 heavy (non-hydrogen) atoms. The lowest BCUT2D eigenvalue weighted by Crippen LogP contribution is -2.39. The fourth-order valence-electron chi connectivity index (χ4n) is 3.63. The second kappa shape index (κ2) is 10.1. The van der Waals surface area contributed by atoms with Crippen molar-refractivity contribution < 1.29 is 9.53 Å². The van der Waals surface area contributed by atoms with E-state index in [1.54, 1.807) is 23.3 Å². The van der Waals surface area contributed by atoms with Gasteiger partial charge in [-0.2, -0.15) is 5.10 Å². The van der Waals surface area contributed by atoms with Crippen molar-refractivity contribution in [2.45, 2.75) is 13.0 Å². The third-order valence-corrected chi connectivity index (χ3v) is 5.30. The van der Waals surface area contributed by atoms with E-state index in [1.807, 2.05) is 53.6 Å². The molecule has 0 radical (unpaired) electrons. The molecule has 3 aromatic rings. The molecular weight excluding hydrogens is 378 g/mol. The SMILES string of the molecule is O=C(c1ccc(-n2cccn2)cc1)N(CCCN1CCOCC1)Cc1ccncc1. The molecule has 0 unspecified atom stereocenters. The van der Waals surface area contributed by atoms with Gasteiger partial charge in [-0.15, -0.1) is 0 Å². The van der Waals surface area contributed by atoms with E-state index >= 15 is 0 Å². The summed E-state index contributed by atoms with van der Waals surface area (Å²) in [6.07, 6.45) is 8.10. The standard InChI is InChI=1S/C23H27N5O2/c29-23(21-3-5-22(6-4-21)28-14-1-9-25-28)27(19-20-7-10-24-11-8-20)13-2-12-26-15-17-30-18-16-26/h1,3-11,14H,2,12-13,15-19H2. The first-order chi connectivity index (χ1) is 14.8. The monoisotopic (exact) mass is 405 g/mol. The van der Waals surface area contributed by atoms with Crippen molar-refractivity contribution in [3.05, 3.63) is 78.4 Å². The summed E-state index contributed by atoms with van der Waals surface area (Å²) >= 11 is 0. The Morgan fingerprint density at radius 2 is 1.80 bits per heavy atom. The third kappa shape index (κ3) is 5.31. The summed E-state index contributed by atoms with van der Waals surface area (Å²) in [6, 6.07) is 13.4. The van der Waals surface area contributed by atoms with Gasteiger partial charge in [-0.05, 0) is 54.4 Å². The summed E-state index contributed by atoms with van der Waals surface area (Å²) in [6.45, 7) is 5.78. The first kappa shape index (κ1) is 20.3. The molecule has 156 valence electrons. The molecule has 7 nitrogen and oxygen atoms in total. The first-order valence-electron chi connectivity index (χ1n) is 10.4. The molecule has 4 rings (SSSR count). The highest BCUT2D eigenvalue weighted by Crippen LogP contribution is 2.14. The number of hydrogen-bond donors (Lipinski definition) is 0. The molecular formula is C23H27N5O2. The number of amides is 1. The molecule has 0 saturated carbocycles. The maximum Gasteiger partial charge on any atom is 0.254 e. The predicted octanol–water partition coefficient (Wildman–Crippen LogP) is 2.63. The second-order valence-electron chi connectivity index (χ2n) is 7.39. The Kier molecular flexibility index (Phi) is 6.84. The smallest absolute Gasteiger partial charge is 0.254 e. The molecule has 0 aliphatic carbocycles. The second-order valence-corrected chi connectivity index (χ2v) is 7.39. The summed E-state index contributed by atoms with van der Waals surface area (Å²) in [5, 5.41) is 4.24. The van der Waals surface area contributed by atoms with Crippen molar-refractivity contribution in [1.82, 2.24) is 24.6 Å². The zero-order valence-electron chi connectivity index (χ0n) is 17.1. The van der Waals surface area contributed by atoms with Crippen LogP contribution in [-0.4, -0.2) is 69.9 Å². The molecule has 7 heteroatoms. The van der Waals surface area contributed by atoms with E-state index in [4.69, 9.17) is 4.74 Å². The van der Waals surface area contributed by atoms with E-state index in [0.717, 1.165) is 50.5 Å². The van der Waals surface area contributed by atoms with Crippen LogP contribution in [0.2, 0.25) is 0 Å². The van der Waals surface area contributed by atoms with Crippen molar-refractivity contribution >= 4 is 5.91 Å². The van der Waals surface area contributed by atoms with Crippen LogP contribution >= 0.6 is 0 Å². The molecule has 1 aliphatic heterocycles. The summed E-state index contributed by atoms with van der Waals surface area (Å²) < 4.78 is 7.20. The minimum absolute atomic E-state index is 0.0424. The van der Waals surface area contributed by atoms with Gasteiger partial charge >= 0.3 is 0 Å². The number of benzene rings is 1. The summed E-state index contributed by atoms with van der Waals surface area (Å²) in [5.41, 5.74) is 2.70. The van der Waals surface area contributed by atoms with Crippen LogP contribution in [0.4, 0.5) is 0 Å². The van der Waals surface area contributed by atoms with E-state index in [9.17, 15) is 4.79 Å². The summed E-state index contributed by atoms with van der Waals surface area (Å²) in [7, 11) is 0. The van der Waals surface area contributed by atoms with E-state index in [2.05, 4.69) is 15.0 Å². The molecule has 3 heterocycles. The van der Waals surface area contributed by atoms with Gasteiger partial charge in [0.1, 0.15) is 0 Å². The predicted molar refractivity (Wildman–Crippen MR) is 114 cm³/mol. The molecule has 0 atom stereocenters. The van der Waals surface area contributed by atoms with Crippen LogP contribution < -0.4 is 0 Å². The van der Waals surface area contributed by atoms with Gasteiger partial charge < -0.3 is 9.64 Å². The molecule has 1 aromatic carbocycles. The van der Waals surface area contributed by atoms with Crippen molar-refractivity contribution in [2.24, 2.45) is 0 Å².